The van der Waals surface area contributed by atoms with E-state index in [4.69, 9.17) is 10.5 Å². The summed E-state index contributed by atoms with van der Waals surface area (Å²) in [7, 11) is 0. The summed E-state index contributed by atoms with van der Waals surface area (Å²) in [6.45, 7) is 14.2. The van der Waals surface area contributed by atoms with Gasteiger partial charge < -0.3 is 20.3 Å². The van der Waals surface area contributed by atoms with Crippen LogP contribution in [0.4, 0.5) is 5.69 Å². The van der Waals surface area contributed by atoms with Gasteiger partial charge in [0.15, 0.2) is 0 Å². The number of nitrogens with zero attached hydrogens (tertiary/aromatic N) is 2. The first-order chi connectivity index (χ1) is 15.9. The van der Waals surface area contributed by atoms with Crippen molar-refractivity contribution in [3.05, 3.63) is 60.2 Å². The lowest BCUT2D eigenvalue weighted by atomic mass is 9.99. The van der Waals surface area contributed by atoms with Crippen LogP contribution >= 0.6 is 0 Å². The molecule has 0 bridgehead atoms. The van der Waals surface area contributed by atoms with Crippen LogP contribution < -0.4 is 15.4 Å². The van der Waals surface area contributed by atoms with E-state index in [1.807, 2.05) is 6.07 Å². The third-order valence-corrected chi connectivity index (χ3v) is 6.63. The minimum absolute atomic E-state index is 0.294. The smallest absolute Gasteiger partial charge is 0.119 e. The fourth-order valence-corrected chi connectivity index (χ4v) is 4.82. The van der Waals surface area contributed by atoms with Gasteiger partial charge in [0.25, 0.3) is 0 Å². The molecule has 1 aliphatic heterocycles. The van der Waals surface area contributed by atoms with E-state index in [0.717, 1.165) is 38.3 Å². The number of hydrogen-bond donors (Lipinski definition) is 1. The van der Waals surface area contributed by atoms with Gasteiger partial charge in [-0.15, -0.1) is 0 Å². The molecule has 0 saturated carbocycles. The van der Waals surface area contributed by atoms with Gasteiger partial charge in [0.2, 0.25) is 0 Å². The van der Waals surface area contributed by atoms with Gasteiger partial charge in [-0.05, 0) is 67.3 Å². The molecule has 0 spiro atoms. The van der Waals surface area contributed by atoms with Crippen molar-refractivity contribution in [2.75, 3.05) is 31.1 Å². The molecule has 1 atom stereocenters. The molecule has 3 rings (SSSR count). The largest absolute Gasteiger partial charge is 0.489 e. The lowest BCUT2D eigenvalue weighted by Gasteiger charge is -2.41. The van der Waals surface area contributed by atoms with Crippen molar-refractivity contribution in [3.63, 3.8) is 0 Å². The van der Waals surface area contributed by atoms with Gasteiger partial charge in [-0.1, -0.05) is 58.0 Å². The van der Waals surface area contributed by atoms with Crippen LogP contribution in [-0.4, -0.2) is 43.2 Å². The lowest BCUT2D eigenvalue weighted by Crippen LogP contribution is -2.48. The Morgan fingerprint density at radius 3 is 2.21 bits per heavy atom. The van der Waals surface area contributed by atoms with Gasteiger partial charge in [-0.25, -0.2) is 0 Å². The van der Waals surface area contributed by atoms with Crippen LogP contribution in [0.15, 0.2) is 54.6 Å². The summed E-state index contributed by atoms with van der Waals surface area (Å²) in [6, 6.07) is 20.0. The molecule has 0 unspecified atom stereocenters. The highest BCUT2D eigenvalue weighted by molar-refractivity contribution is 5.50. The first-order valence-electron chi connectivity index (χ1n) is 12.9. The van der Waals surface area contributed by atoms with E-state index in [2.05, 4.69) is 86.0 Å². The molecule has 1 heterocycles. The van der Waals surface area contributed by atoms with Crippen molar-refractivity contribution < 1.29 is 4.74 Å². The normalized spacial score (nSPS) is 16.3. The highest BCUT2D eigenvalue weighted by Crippen LogP contribution is 2.27. The molecule has 2 aromatic carbocycles. The average molecular weight is 452 g/mol. The van der Waals surface area contributed by atoms with Crippen molar-refractivity contribution in [2.24, 2.45) is 17.6 Å². The maximum atomic E-state index is 6.38. The van der Waals surface area contributed by atoms with Crippen molar-refractivity contribution in [3.8, 4) is 5.75 Å². The fraction of sp³-hybridized carbons (Fsp3) is 0.586. The van der Waals surface area contributed by atoms with Crippen LogP contribution in [0.1, 0.15) is 58.9 Å². The van der Waals surface area contributed by atoms with Crippen LogP contribution in [-0.2, 0) is 6.61 Å². The van der Waals surface area contributed by atoms with Crippen LogP contribution in [0, 0.1) is 11.8 Å². The molecule has 1 aliphatic rings. The summed E-state index contributed by atoms with van der Waals surface area (Å²) < 4.78 is 6.01. The van der Waals surface area contributed by atoms with Crippen molar-refractivity contribution in [1.29, 1.82) is 0 Å². The Balaban J connectivity index is 1.58. The summed E-state index contributed by atoms with van der Waals surface area (Å²) in [5.74, 6) is 2.30. The molecule has 4 heteroatoms. The highest BCUT2D eigenvalue weighted by atomic mass is 16.5. The van der Waals surface area contributed by atoms with Gasteiger partial charge in [0.1, 0.15) is 12.4 Å². The van der Waals surface area contributed by atoms with Gasteiger partial charge >= 0.3 is 0 Å². The maximum Gasteiger partial charge on any atom is 0.119 e. The average Bonchev–Trinajstić information content (AvgIpc) is 2.79. The molecule has 1 fully saturated rings. The number of nitrogens with two attached hydrogens (primary N) is 1. The standard InChI is InChI=1S/C29H45N3O/c1-23(2)14-19-32(28-15-17-31(18-16-28)21-26(30)20-24(3)4)27-10-12-29(13-11-27)33-22-25-8-6-5-7-9-25/h5-13,23-24,26,28H,14-22,30H2,1-4H3/t26-/m1/s1. The first-order valence-corrected chi connectivity index (χ1v) is 12.9. The second-order valence-electron chi connectivity index (χ2n) is 10.6. The molecule has 0 amide bonds. The molecule has 0 radical (unpaired) electrons. The molecule has 33 heavy (non-hydrogen) atoms. The zero-order valence-electron chi connectivity index (χ0n) is 21.2. The minimum atomic E-state index is 0.294. The van der Waals surface area contributed by atoms with Gasteiger partial charge in [-0.2, -0.15) is 0 Å². The van der Waals surface area contributed by atoms with Gasteiger partial charge in [0, 0.05) is 44.0 Å². The molecule has 0 aliphatic carbocycles. The molecular weight excluding hydrogens is 406 g/mol. The number of piperidine rings is 1. The van der Waals surface area contributed by atoms with Crippen LogP contribution in [0.25, 0.3) is 0 Å². The number of likely N-dealkylation sites (tertiary alicyclic amines) is 1. The lowest BCUT2D eigenvalue weighted by molar-refractivity contribution is 0.191. The van der Waals surface area contributed by atoms with Crippen LogP contribution in [0.3, 0.4) is 0 Å². The summed E-state index contributed by atoms with van der Waals surface area (Å²) in [5.41, 5.74) is 8.90. The minimum Gasteiger partial charge on any atom is -0.489 e. The van der Waals surface area contributed by atoms with E-state index in [1.54, 1.807) is 0 Å². The summed E-state index contributed by atoms with van der Waals surface area (Å²) in [5, 5.41) is 0. The number of ether oxygens (including phenoxy) is 1. The van der Waals surface area contributed by atoms with E-state index in [9.17, 15) is 0 Å². The molecule has 0 aromatic heterocycles. The quantitative estimate of drug-likeness (QED) is 0.432. The summed E-state index contributed by atoms with van der Waals surface area (Å²) >= 11 is 0. The summed E-state index contributed by atoms with van der Waals surface area (Å²) in [4.78, 5) is 5.22. The second-order valence-corrected chi connectivity index (χ2v) is 10.6. The third-order valence-electron chi connectivity index (χ3n) is 6.63. The second kappa shape index (κ2) is 13.0. The predicted molar refractivity (Wildman–Crippen MR) is 141 cm³/mol. The Morgan fingerprint density at radius 1 is 0.939 bits per heavy atom. The first kappa shape index (κ1) is 25.6. The van der Waals surface area contributed by atoms with E-state index < -0.39 is 0 Å². The molecular formula is C29H45N3O. The fourth-order valence-electron chi connectivity index (χ4n) is 4.82. The Morgan fingerprint density at radius 2 is 1.61 bits per heavy atom. The highest BCUT2D eigenvalue weighted by Gasteiger charge is 2.26. The Hall–Kier alpha value is -2.04. The van der Waals surface area contributed by atoms with Crippen LogP contribution in [0.2, 0.25) is 0 Å². The monoisotopic (exact) mass is 451 g/mol. The third kappa shape index (κ3) is 8.68. The maximum absolute atomic E-state index is 6.38. The summed E-state index contributed by atoms with van der Waals surface area (Å²) in [6.07, 6.45) is 4.74. The number of benzene rings is 2. The number of hydrogen-bond acceptors (Lipinski definition) is 4. The number of rotatable bonds is 12. The Kier molecular flexibility index (Phi) is 10.1. The van der Waals surface area contributed by atoms with Crippen molar-refractivity contribution in [1.82, 2.24) is 4.90 Å². The van der Waals surface area contributed by atoms with E-state index >= 15 is 0 Å². The zero-order valence-corrected chi connectivity index (χ0v) is 21.2. The predicted octanol–water partition coefficient (Wildman–Crippen LogP) is 5.96. The van der Waals surface area contributed by atoms with Crippen molar-refractivity contribution in [2.45, 2.75) is 72.1 Å². The van der Waals surface area contributed by atoms with Crippen LogP contribution in [0.5, 0.6) is 5.75 Å². The number of anilines is 1. The molecule has 182 valence electrons. The molecule has 2 N–H and O–H groups in total. The van der Waals surface area contributed by atoms with E-state index in [1.165, 1.54) is 30.5 Å². The van der Waals surface area contributed by atoms with E-state index in [-0.39, 0.29) is 0 Å². The molecule has 1 saturated heterocycles. The Labute approximate surface area is 202 Å². The van der Waals surface area contributed by atoms with Crippen molar-refractivity contribution >= 4 is 5.69 Å². The SMILES string of the molecule is CC(C)CCN(c1ccc(OCc2ccccc2)cc1)C1CCN(C[C@H](N)CC(C)C)CC1. The van der Waals surface area contributed by atoms with Gasteiger partial charge in [-0.3, -0.25) is 0 Å². The Bertz CT molecular complexity index is 782. The topological polar surface area (TPSA) is 41.7 Å². The van der Waals surface area contributed by atoms with Gasteiger partial charge in [0.05, 0.1) is 0 Å². The zero-order chi connectivity index (χ0) is 23.6. The van der Waals surface area contributed by atoms with E-state index in [0.29, 0.717) is 30.5 Å². The molecule has 4 nitrogen and oxygen atoms in total. The molecule has 2 aromatic rings.